The van der Waals surface area contributed by atoms with Gasteiger partial charge in [-0.25, -0.2) is 4.98 Å². The number of amides is 1. The van der Waals surface area contributed by atoms with Gasteiger partial charge in [-0.2, -0.15) is 13.2 Å². The highest BCUT2D eigenvalue weighted by Crippen LogP contribution is 2.48. The summed E-state index contributed by atoms with van der Waals surface area (Å²) < 4.78 is 39.3. The van der Waals surface area contributed by atoms with Gasteiger partial charge in [-0.1, -0.05) is 38.1 Å². The van der Waals surface area contributed by atoms with Crippen LogP contribution in [0.5, 0.6) is 0 Å². The van der Waals surface area contributed by atoms with E-state index in [1.54, 1.807) is 23.1 Å². The molecule has 0 bridgehead atoms. The minimum atomic E-state index is -4.48. The molecular formula is C29H27F3N4O. The Labute approximate surface area is 213 Å². The van der Waals surface area contributed by atoms with Gasteiger partial charge in [0.25, 0.3) is 5.91 Å². The number of pyridine rings is 2. The summed E-state index contributed by atoms with van der Waals surface area (Å²) in [5.74, 6) is 0.210. The third kappa shape index (κ3) is 4.63. The fourth-order valence-electron chi connectivity index (χ4n) is 5.16. The van der Waals surface area contributed by atoms with Crippen LogP contribution in [0.4, 0.5) is 19.0 Å². The molecule has 2 aromatic carbocycles. The van der Waals surface area contributed by atoms with Crippen molar-refractivity contribution in [1.29, 1.82) is 0 Å². The average molecular weight is 505 g/mol. The molecule has 1 aliphatic carbocycles. The molecule has 2 N–H and O–H groups in total. The fraction of sp³-hybridized carbons (Fsp3) is 0.276. The number of aromatic nitrogens is 2. The van der Waals surface area contributed by atoms with E-state index in [-0.39, 0.29) is 23.9 Å². The molecule has 1 aliphatic rings. The quantitative estimate of drug-likeness (QED) is 0.340. The van der Waals surface area contributed by atoms with Gasteiger partial charge in [-0.3, -0.25) is 9.78 Å². The molecule has 4 aromatic rings. The normalized spacial score (nSPS) is 16.5. The zero-order valence-electron chi connectivity index (χ0n) is 20.8. The molecule has 5 rings (SSSR count). The topological polar surface area (TPSA) is 72.1 Å². The number of alkyl halides is 3. The number of nitrogens with two attached hydrogens (primary N) is 1. The first kappa shape index (κ1) is 24.7. The number of fused-ring (bicyclic) bond motifs is 2. The van der Waals surface area contributed by atoms with Crippen molar-refractivity contribution < 1.29 is 18.0 Å². The van der Waals surface area contributed by atoms with E-state index in [2.05, 4.69) is 29.9 Å². The van der Waals surface area contributed by atoms with Crippen molar-refractivity contribution in [2.75, 3.05) is 5.73 Å². The van der Waals surface area contributed by atoms with Crippen LogP contribution in [0, 0.1) is 6.92 Å². The van der Waals surface area contributed by atoms with Gasteiger partial charge in [0.2, 0.25) is 0 Å². The molecule has 0 spiro atoms. The lowest BCUT2D eigenvalue weighted by Gasteiger charge is -2.31. The SMILES string of the molecule is Cc1cc2cc(C(=O)N(Cc3ccc(C(F)(F)F)cn3)C3CC(C)(C)c4ccccc43)ccc2nc1N. The highest BCUT2D eigenvalue weighted by molar-refractivity contribution is 5.98. The summed E-state index contributed by atoms with van der Waals surface area (Å²) in [5.41, 5.74) is 9.50. The third-order valence-electron chi connectivity index (χ3n) is 7.17. The van der Waals surface area contributed by atoms with E-state index >= 15 is 0 Å². The van der Waals surface area contributed by atoms with Gasteiger partial charge in [0.05, 0.1) is 29.4 Å². The molecular weight excluding hydrogens is 477 g/mol. The Kier molecular flexibility index (Phi) is 5.93. The van der Waals surface area contributed by atoms with E-state index in [1.807, 2.05) is 31.2 Å². The number of benzene rings is 2. The maximum Gasteiger partial charge on any atom is 0.417 e. The largest absolute Gasteiger partial charge is 0.417 e. The number of carbonyl (C=O) groups is 1. The van der Waals surface area contributed by atoms with Crippen LogP contribution >= 0.6 is 0 Å². The van der Waals surface area contributed by atoms with E-state index < -0.39 is 11.7 Å². The van der Waals surface area contributed by atoms with Crippen molar-refractivity contribution in [3.05, 3.63) is 100 Å². The molecule has 37 heavy (non-hydrogen) atoms. The number of nitrogens with zero attached hydrogens (tertiary/aromatic N) is 3. The van der Waals surface area contributed by atoms with Crippen LogP contribution in [0.25, 0.3) is 10.9 Å². The van der Waals surface area contributed by atoms with Crippen molar-refractivity contribution in [3.63, 3.8) is 0 Å². The first-order valence-corrected chi connectivity index (χ1v) is 12.0. The van der Waals surface area contributed by atoms with Crippen LogP contribution in [0.3, 0.4) is 0 Å². The second-order valence-corrected chi connectivity index (χ2v) is 10.3. The minimum Gasteiger partial charge on any atom is -0.383 e. The number of nitrogen functional groups attached to an aromatic ring is 1. The van der Waals surface area contributed by atoms with Crippen molar-refractivity contribution >= 4 is 22.6 Å². The van der Waals surface area contributed by atoms with E-state index in [0.29, 0.717) is 29.0 Å². The zero-order chi connectivity index (χ0) is 26.5. The lowest BCUT2D eigenvalue weighted by molar-refractivity contribution is -0.137. The third-order valence-corrected chi connectivity index (χ3v) is 7.17. The van der Waals surface area contributed by atoms with Gasteiger partial charge in [0.1, 0.15) is 5.82 Å². The molecule has 190 valence electrons. The standard InChI is InChI=1S/C29H27F3N4O/c1-17-12-19-13-18(8-11-24(19)35-26(17)33)27(37)36(16-21-10-9-20(15-34-21)29(30,31)32)25-14-28(2,3)23-7-5-4-6-22(23)25/h4-13,15,25H,14,16H2,1-3H3,(H2,33,35). The number of rotatable bonds is 4. The molecule has 0 radical (unpaired) electrons. The summed E-state index contributed by atoms with van der Waals surface area (Å²) >= 11 is 0. The Balaban J connectivity index is 1.57. The molecule has 5 nitrogen and oxygen atoms in total. The van der Waals surface area contributed by atoms with Crippen LogP contribution < -0.4 is 5.73 Å². The number of halogens is 3. The second kappa shape index (κ2) is 8.87. The Morgan fingerprint density at radius 2 is 1.86 bits per heavy atom. The molecule has 0 saturated carbocycles. The Morgan fingerprint density at radius 3 is 2.57 bits per heavy atom. The summed E-state index contributed by atoms with van der Waals surface area (Å²) in [6, 6.07) is 17.3. The summed E-state index contributed by atoms with van der Waals surface area (Å²) in [6.45, 7) is 6.21. The van der Waals surface area contributed by atoms with E-state index in [4.69, 9.17) is 5.73 Å². The lowest BCUT2D eigenvalue weighted by atomic mass is 9.86. The highest BCUT2D eigenvalue weighted by Gasteiger charge is 2.41. The summed E-state index contributed by atoms with van der Waals surface area (Å²) in [4.78, 5) is 24.2. The van der Waals surface area contributed by atoms with Gasteiger partial charge in [0.15, 0.2) is 0 Å². The average Bonchev–Trinajstić information content (AvgIpc) is 3.13. The smallest absolute Gasteiger partial charge is 0.383 e. The first-order chi connectivity index (χ1) is 17.4. The Hall–Kier alpha value is -3.94. The Morgan fingerprint density at radius 1 is 1.11 bits per heavy atom. The zero-order valence-corrected chi connectivity index (χ0v) is 20.8. The number of hydrogen-bond acceptors (Lipinski definition) is 4. The van der Waals surface area contributed by atoms with Crippen LogP contribution in [0.15, 0.2) is 66.9 Å². The molecule has 0 fully saturated rings. The summed E-state index contributed by atoms with van der Waals surface area (Å²) in [6.07, 6.45) is -2.97. The van der Waals surface area contributed by atoms with E-state index in [1.165, 1.54) is 6.07 Å². The van der Waals surface area contributed by atoms with Gasteiger partial charge in [-0.05, 0) is 71.8 Å². The molecule has 8 heteroatoms. The van der Waals surface area contributed by atoms with Gasteiger partial charge in [-0.15, -0.1) is 0 Å². The number of anilines is 1. The molecule has 0 saturated heterocycles. The van der Waals surface area contributed by atoms with Crippen molar-refractivity contribution in [3.8, 4) is 0 Å². The predicted molar refractivity (Wildman–Crippen MR) is 137 cm³/mol. The van der Waals surface area contributed by atoms with Crippen LogP contribution in [0.1, 0.15) is 64.6 Å². The van der Waals surface area contributed by atoms with Gasteiger partial charge >= 0.3 is 6.18 Å². The van der Waals surface area contributed by atoms with Crippen molar-refractivity contribution in [2.24, 2.45) is 0 Å². The minimum absolute atomic E-state index is 0.0725. The molecule has 1 unspecified atom stereocenters. The molecule has 2 aromatic heterocycles. The monoisotopic (exact) mass is 504 g/mol. The number of carbonyl (C=O) groups excluding carboxylic acids is 1. The summed E-state index contributed by atoms with van der Waals surface area (Å²) in [5, 5.41) is 0.789. The number of aryl methyl sites for hydroxylation is 1. The first-order valence-electron chi connectivity index (χ1n) is 12.0. The maximum absolute atomic E-state index is 14.1. The second-order valence-electron chi connectivity index (χ2n) is 10.3. The van der Waals surface area contributed by atoms with Crippen LogP contribution in [0.2, 0.25) is 0 Å². The van der Waals surface area contributed by atoms with Crippen molar-refractivity contribution in [2.45, 2.75) is 51.4 Å². The van der Waals surface area contributed by atoms with Crippen LogP contribution in [-0.4, -0.2) is 20.8 Å². The van der Waals surface area contributed by atoms with Gasteiger partial charge in [0, 0.05) is 17.1 Å². The summed E-state index contributed by atoms with van der Waals surface area (Å²) in [7, 11) is 0. The fourth-order valence-corrected chi connectivity index (χ4v) is 5.16. The molecule has 2 heterocycles. The van der Waals surface area contributed by atoms with Crippen molar-refractivity contribution in [1.82, 2.24) is 14.9 Å². The molecule has 1 amide bonds. The molecule has 1 atom stereocenters. The predicted octanol–water partition coefficient (Wildman–Crippen LogP) is 6.60. The van der Waals surface area contributed by atoms with Crippen LogP contribution in [-0.2, 0) is 18.1 Å². The van der Waals surface area contributed by atoms with Gasteiger partial charge < -0.3 is 10.6 Å². The Bertz CT molecular complexity index is 1500. The molecule has 0 aliphatic heterocycles. The highest BCUT2D eigenvalue weighted by atomic mass is 19.4. The van der Waals surface area contributed by atoms with E-state index in [9.17, 15) is 18.0 Å². The van der Waals surface area contributed by atoms with E-state index in [0.717, 1.165) is 34.3 Å². The number of hydrogen-bond donors (Lipinski definition) is 1. The lowest BCUT2D eigenvalue weighted by Crippen LogP contribution is -2.34. The maximum atomic E-state index is 14.1.